The Morgan fingerprint density at radius 2 is 2.00 bits per heavy atom. The number of nitrogens with zero attached hydrogens (tertiary/aromatic N) is 2. The predicted octanol–water partition coefficient (Wildman–Crippen LogP) is 4.69. The van der Waals surface area contributed by atoms with Gasteiger partial charge in [0.25, 0.3) is 0 Å². The number of carbonyl (C=O) groups excluding carboxylic acids is 1. The molecule has 3 rings (SSSR count). The Balaban J connectivity index is 1.59. The Morgan fingerprint density at radius 1 is 1.24 bits per heavy atom. The van der Waals surface area contributed by atoms with Crippen LogP contribution >= 0.6 is 23.1 Å². The van der Waals surface area contributed by atoms with E-state index in [0.717, 1.165) is 32.1 Å². The lowest BCUT2D eigenvalue weighted by atomic mass is 10.2. The molecular weight excluding hydrogens is 355 g/mol. The Morgan fingerprint density at radius 3 is 2.76 bits per heavy atom. The molecule has 0 fully saturated rings. The molecule has 0 unspecified atom stereocenters. The Hall–Kier alpha value is -1.92. The number of fused-ring (bicyclic) bond motifs is 1. The molecule has 0 N–H and O–H groups in total. The third kappa shape index (κ3) is 4.58. The Kier molecular flexibility index (Phi) is 5.71. The van der Waals surface area contributed by atoms with Crippen molar-refractivity contribution in [3.8, 4) is 0 Å². The van der Waals surface area contributed by atoms with Crippen LogP contribution in [0.5, 0.6) is 0 Å². The smallest absolute Gasteiger partial charge is 0.248 e. The van der Waals surface area contributed by atoms with Gasteiger partial charge >= 0.3 is 0 Å². The highest BCUT2D eigenvalue weighted by atomic mass is 32.2. The Bertz CT molecular complexity index is 958. The number of thioether (sulfide) groups is 1. The van der Waals surface area contributed by atoms with Crippen molar-refractivity contribution < 1.29 is 9.18 Å². The molecule has 3 nitrogen and oxygen atoms in total. The van der Waals surface area contributed by atoms with Crippen molar-refractivity contribution in [2.75, 3.05) is 5.75 Å². The molecule has 0 atom stereocenters. The van der Waals surface area contributed by atoms with Crippen LogP contribution in [0.1, 0.15) is 18.4 Å². The van der Waals surface area contributed by atoms with Gasteiger partial charge in [-0.3, -0.25) is 4.79 Å². The molecular formula is C19H19FN2OS2. The first kappa shape index (κ1) is 17.9. The highest BCUT2D eigenvalue weighted by Gasteiger charge is 2.05. The van der Waals surface area contributed by atoms with E-state index in [1.807, 2.05) is 11.6 Å². The summed E-state index contributed by atoms with van der Waals surface area (Å²) in [6.07, 6.45) is 1.17. The molecule has 130 valence electrons. The third-order valence-corrected chi connectivity index (χ3v) is 6.00. The molecule has 2 aromatic carbocycles. The lowest BCUT2D eigenvalue weighted by molar-refractivity contribution is -0.118. The van der Waals surface area contributed by atoms with Crippen molar-refractivity contribution in [3.05, 3.63) is 58.6 Å². The van der Waals surface area contributed by atoms with Crippen molar-refractivity contribution in [2.45, 2.75) is 24.7 Å². The maximum atomic E-state index is 12.9. The van der Waals surface area contributed by atoms with E-state index in [2.05, 4.69) is 30.1 Å². The van der Waals surface area contributed by atoms with Gasteiger partial charge in [-0.1, -0.05) is 17.4 Å². The highest BCUT2D eigenvalue weighted by molar-refractivity contribution is 7.99. The van der Waals surface area contributed by atoms with E-state index in [9.17, 15) is 9.18 Å². The van der Waals surface area contributed by atoms with Crippen LogP contribution in [0.4, 0.5) is 4.39 Å². The van der Waals surface area contributed by atoms with E-state index in [0.29, 0.717) is 6.42 Å². The van der Waals surface area contributed by atoms with Crippen LogP contribution in [0.3, 0.4) is 0 Å². The number of benzene rings is 2. The number of amides is 1. The first-order valence-electron chi connectivity index (χ1n) is 8.05. The van der Waals surface area contributed by atoms with Gasteiger partial charge in [-0.2, -0.15) is 4.99 Å². The maximum Gasteiger partial charge on any atom is 0.248 e. The monoisotopic (exact) mass is 374 g/mol. The first-order valence-corrected chi connectivity index (χ1v) is 9.85. The van der Waals surface area contributed by atoms with Gasteiger partial charge in [-0.05, 0) is 61.1 Å². The van der Waals surface area contributed by atoms with E-state index in [-0.39, 0.29) is 11.7 Å². The molecule has 0 spiro atoms. The third-order valence-electron chi connectivity index (χ3n) is 3.80. The minimum absolute atomic E-state index is 0.0985. The highest BCUT2D eigenvalue weighted by Crippen LogP contribution is 2.20. The molecule has 0 aliphatic carbocycles. The quantitative estimate of drug-likeness (QED) is 0.480. The zero-order valence-electron chi connectivity index (χ0n) is 14.2. The van der Waals surface area contributed by atoms with Crippen molar-refractivity contribution >= 4 is 39.2 Å². The van der Waals surface area contributed by atoms with Crippen LogP contribution < -0.4 is 4.80 Å². The molecule has 0 aliphatic heterocycles. The SMILES string of the molecule is Cc1ccc2c(c1)sc(=NC(=O)CCCSc1ccc(F)cc1)n2C. The van der Waals surface area contributed by atoms with E-state index in [1.165, 1.54) is 29.0 Å². The Labute approximate surface area is 154 Å². The van der Waals surface area contributed by atoms with Gasteiger partial charge in [0.2, 0.25) is 5.91 Å². The van der Waals surface area contributed by atoms with Crippen LogP contribution in [0.2, 0.25) is 0 Å². The number of carbonyl (C=O) groups is 1. The molecule has 25 heavy (non-hydrogen) atoms. The number of aryl methyl sites for hydroxylation is 2. The maximum absolute atomic E-state index is 12.9. The fourth-order valence-corrected chi connectivity index (χ4v) is 4.44. The molecule has 3 aromatic rings. The topological polar surface area (TPSA) is 34.4 Å². The van der Waals surface area contributed by atoms with Gasteiger partial charge in [0, 0.05) is 18.4 Å². The van der Waals surface area contributed by atoms with Gasteiger partial charge in [0.15, 0.2) is 4.80 Å². The lowest BCUT2D eigenvalue weighted by Crippen LogP contribution is -2.13. The van der Waals surface area contributed by atoms with Crippen molar-refractivity contribution in [2.24, 2.45) is 12.0 Å². The van der Waals surface area contributed by atoms with E-state index < -0.39 is 0 Å². The second kappa shape index (κ2) is 7.97. The summed E-state index contributed by atoms with van der Waals surface area (Å²) >= 11 is 3.16. The van der Waals surface area contributed by atoms with Gasteiger partial charge in [0.05, 0.1) is 10.2 Å². The molecule has 1 amide bonds. The number of aromatic nitrogens is 1. The molecule has 0 radical (unpaired) electrons. The second-order valence-electron chi connectivity index (χ2n) is 5.83. The fraction of sp³-hybridized carbons (Fsp3) is 0.263. The standard InChI is InChI=1S/C19H19FN2OS2/c1-13-5-10-16-17(12-13)25-19(22(16)2)21-18(23)4-3-11-24-15-8-6-14(20)7-9-15/h5-10,12H,3-4,11H2,1-2H3. The summed E-state index contributed by atoms with van der Waals surface area (Å²) in [5.74, 6) is 0.480. The van der Waals surface area contributed by atoms with Crippen LogP contribution in [0.15, 0.2) is 52.4 Å². The molecule has 0 bridgehead atoms. The normalized spacial score (nSPS) is 12.0. The molecule has 0 aliphatic rings. The number of halogens is 1. The van der Waals surface area contributed by atoms with Gasteiger partial charge in [-0.25, -0.2) is 4.39 Å². The van der Waals surface area contributed by atoms with E-state index >= 15 is 0 Å². The summed E-state index contributed by atoms with van der Waals surface area (Å²) in [6, 6.07) is 12.6. The number of rotatable bonds is 5. The van der Waals surface area contributed by atoms with Gasteiger partial charge in [0.1, 0.15) is 5.82 Å². The number of hydrogen-bond donors (Lipinski definition) is 0. The average Bonchev–Trinajstić information content (AvgIpc) is 2.88. The average molecular weight is 375 g/mol. The van der Waals surface area contributed by atoms with E-state index in [1.54, 1.807) is 23.9 Å². The summed E-state index contributed by atoms with van der Waals surface area (Å²) < 4.78 is 16.0. The summed E-state index contributed by atoms with van der Waals surface area (Å²) in [7, 11) is 1.94. The summed E-state index contributed by atoms with van der Waals surface area (Å²) in [5, 5.41) is 0. The number of thiazole rings is 1. The van der Waals surface area contributed by atoms with Gasteiger partial charge < -0.3 is 4.57 Å². The van der Waals surface area contributed by atoms with Crippen molar-refractivity contribution in [1.29, 1.82) is 0 Å². The van der Waals surface area contributed by atoms with Crippen LogP contribution in [-0.2, 0) is 11.8 Å². The first-order chi connectivity index (χ1) is 12.0. The van der Waals surface area contributed by atoms with Crippen molar-refractivity contribution in [1.82, 2.24) is 4.57 Å². The minimum Gasteiger partial charge on any atom is -0.319 e. The van der Waals surface area contributed by atoms with Crippen molar-refractivity contribution in [3.63, 3.8) is 0 Å². The summed E-state index contributed by atoms with van der Waals surface area (Å²) in [5.41, 5.74) is 2.29. The van der Waals surface area contributed by atoms with Gasteiger partial charge in [-0.15, -0.1) is 11.8 Å². The molecule has 1 heterocycles. The van der Waals surface area contributed by atoms with Crippen LogP contribution in [-0.4, -0.2) is 16.2 Å². The predicted molar refractivity (Wildman–Crippen MR) is 102 cm³/mol. The minimum atomic E-state index is -0.232. The van der Waals surface area contributed by atoms with Crippen LogP contribution in [0.25, 0.3) is 10.2 Å². The summed E-state index contributed by atoms with van der Waals surface area (Å²) in [6.45, 7) is 2.06. The molecule has 6 heteroatoms. The largest absolute Gasteiger partial charge is 0.319 e. The lowest BCUT2D eigenvalue weighted by Gasteiger charge is -2.00. The number of hydrogen-bond acceptors (Lipinski definition) is 3. The molecule has 1 aromatic heterocycles. The second-order valence-corrected chi connectivity index (χ2v) is 8.00. The fourth-order valence-electron chi connectivity index (χ4n) is 2.45. The molecule has 0 saturated carbocycles. The summed E-state index contributed by atoms with van der Waals surface area (Å²) in [4.78, 5) is 18.1. The van der Waals surface area contributed by atoms with E-state index in [4.69, 9.17) is 0 Å². The zero-order valence-corrected chi connectivity index (χ0v) is 15.8. The van der Waals surface area contributed by atoms with Crippen LogP contribution in [0, 0.1) is 12.7 Å². The zero-order chi connectivity index (χ0) is 17.8. The molecule has 0 saturated heterocycles.